The van der Waals surface area contributed by atoms with Gasteiger partial charge in [-0.2, -0.15) is 5.10 Å². The molecule has 1 aromatic rings. The number of carboxylic acids is 1. The van der Waals surface area contributed by atoms with Gasteiger partial charge in [0.25, 0.3) is 0 Å². The van der Waals surface area contributed by atoms with Crippen molar-refractivity contribution < 1.29 is 15.0 Å². The van der Waals surface area contributed by atoms with Crippen LogP contribution in [0.3, 0.4) is 0 Å². The van der Waals surface area contributed by atoms with E-state index in [0.717, 1.165) is 11.4 Å². The van der Waals surface area contributed by atoms with E-state index in [-0.39, 0.29) is 6.42 Å². The molecular formula is C9H14N2O3. The lowest BCUT2D eigenvalue weighted by molar-refractivity contribution is -0.157. The Labute approximate surface area is 81.8 Å². The van der Waals surface area contributed by atoms with Crippen molar-refractivity contribution in [1.82, 2.24) is 10.2 Å². The first-order chi connectivity index (χ1) is 6.42. The third-order valence-electron chi connectivity index (χ3n) is 2.09. The molecule has 1 unspecified atom stereocenters. The number of aryl methyl sites for hydroxylation is 2. The van der Waals surface area contributed by atoms with Crippen LogP contribution in [0.5, 0.6) is 0 Å². The predicted octanol–water partition coefficient (Wildman–Crippen LogP) is 0.486. The van der Waals surface area contributed by atoms with Crippen molar-refractivity contribution in [3.05, 3.63) is 17.5 Å². The fourth-order valence-electron chi connectivity index (χ4n) is 1.08. The van der Waals surface area contributed by atoms with Gasteiger partial charge in [-0.25, -0.2) is 4.79 Å². The third kappa shape index (κ3) is 2.56. The van der Waals surface area contributed by atoms with Gasteiger partial charge in [0.2, 0.25) is 0 Å². The standard InChI is InChI=1S/C9H14N2O3/c1-6-5-7(11-10-6)3-4-9(2,14)8(12)13/h5,14H,3-4H2,1-2H3,(H,10,11)(H,12,13). The molecular weight excluding hydrogens is 184 g/mol. The fraction of sp³-hybridized carbons (Fsp3) is 0.556. The first-order valence-electron chi connectivity index (χ1n) is 4.38. The molecule has 3 N–H and O–H groups in total. The number of hydrogen-bond acceptors (Lipinski definition) is 3. The van der Waals surface area contributed by atoms with Crippen LogP contribution in [0, 0.1) is 6.92 Å². The summed E-state index contributed by atoms with van der Waals surface area (Å²) in [6.45, 7) is 3.15. The molecule has 1 atom stereocenters. The van der Waals surface area contributed by atoms with Crippen molar-refractivity contribution in [3.8, 4) is 0 Å². The van der Waals surface area contributed by atoms with Crippen LogP contribution < -0.4 is 0 Å². The van der Waals surface area contributed by atoms with E-state index in [1.165, 1.54) is 6.92 Å². The van der Waals surface area contributed by atoms with E-state index in [9.17, 15) is 9.90 Å². The maximum absolute atomic E-state index is 10.6. The number of aromatic amines is 1. The third-order valence-corrected chi connectivity index (χ3v) is 2.09. The Bertz CT molecular complexity index is 331. The van der Waals surface area contributed by atoms with Crippen molar-refractivity contribution >= 4 is 5.97 Å². The lowest BCUT2D eigenvalue weighted by Crippen LogP contribution is -2.35. The summed E-state index contributed by atoms with van der Waals surface area (Å²) in [6.07, 6.45) is 0.607. The Morgan fingerprint density at radius 3 is 2.79 bits per heavy atom. The normalized spacial score (nSPS) is 15.1. The van der Waals surface area contributed by atoms with Crippen LogP contribution in [0.15, 0.2) is 6.07 Å². The van der Waals surface area contributed by atoms with Crippen LogP contribution in [0.4, 0.5) is 0 Å². The molecule has 0 saturated carbocycles. The smallest absolute Gasteiger partial charge is 0.335 e. The van der Waals surface area contributed by atoms with Gasteiger partial charge in [-0.15, -0.1) is 0 Å². The van der Waals surface area contributed by atoms with Crippen LogP contribution in [0.25, 0.3) is 0 Å². The number of carbonyl (C=O) groups is 1. The quantitative estimate of drug-likeness (QED) is 0.657. The van der Waals surface area contributed by atoms with Gasteiger partial charge in [0.05, 0.1) is 5.69 Å². The first kappa shape index (κ1) is 10.7. The minimum Gasteiger partial charge on any atom is -0.479 e. The van der Waals surface area contributed by atoms with Crippen LogP contribution in [-0.2, 0) is 11.2 Å². The van der Waals surface area contributed by atoms with Crippen molar-refractivity contribution in [3.63, 3.8) is 0 Å². The molecule has 0 fully saturated rings. The lowest BCUT2D eigenvalue weighted by atomic mass is 9.99. The average molecular weight is 198 g/mol. The van der Waals surface area contributed by atoms with E-state index in [1.54, 1.807) is 0 Å². The summed E-state index contributed by atoms with van der Waals surface area (Å²) in [5.74, 6) is -1.20. The van der Waals surface area contributed by atoms with Gasteiger partial charge in [-0.1, -0.05) is 0 Å². The Balaban J connectivity index is 2.52. The second-order valence-corrected chi connectivity index (χ2v) is 3.62. The van der Waals surface area contributed by atoms with Crippen LogP contribution in [0.2, 0.25) is 0 Å². The number of carboxylic acid groups (broad SMARTS) is 1. The Morgan fingerprint density at radius 2 is 2.36 bits per heavy atom. The molecule has 0 bridgehead atoms. The molecule has 5 heteroatoms. The molecule has 0 saturated heterocycles. The predicted molar refractivity (Wildman–Crippen MR) is 49.9 cm³/mol. The van der Waals surface area contributed by atoms with Crippen molar-refractivity contribution in [2.45, 2.75) is 32.3 Å². The maximum atomic E-state index is 10.6. The largest absolute Gasteiger partial charge is 0.479 e. The minimum atomic E-state index is -1.67. The molecule has 0 aliphatic heterocycles. The van der Waals surface area contributed by atoms with Crippen LogP contribution in [-0.4, -0.2) is 32.0 Å². The molecule has 0 aromatic carbocycles. The van der Waals surface area contributed by atoms with E-state index in [4.69, 9.17) is 5.11 Å². The highest BCUT2D eigenvalue weighted by Crippen LogP contribution is 2.13. The first-order valence-corrected chi connectivity index (χ1v) is 4.38. The summed E-state index contributed by atoms with van der Waals surface area (Å²) < 4.78 is 0. The number of nitrogens with zero attached hydrogens (tertiary/aromatic N) is 1. The highest BCUT2D eigenvalue weighted by molar-refractivity contribution is 5.76. The summed E-state index contributed by atoms with van der Waals surface area (Å²) >= 11 is 0. The van der Waals surface area contributed by atoms with Crippen molar-refractivity contribution in [1.29, 1.82) is 0 Å². The molecule has 1 heterocycles. The lowest BCUT2D eigenvalue weighted by Gasteiger charge is -2.16. The fourth-order valence-corrected chi connectivity index (χ4v) is 1.08. The molecule has 0 radical (unpaired) electrons. The topological polar surface area (TPSA) is 86.2 Å². The maximum Gasteiger partial charge on any atom is 0.335 e. The number of hydrogen-bond donors (Lipinski definition) is 3. The van der Waals surface area contributed by atoms with E-state index in [0.29, 0.717) is 6.42 Å². The number of rotatable bonds is 4. The zero-order chi connectivity index (χ0) is 10.8. The summed E-state index contributed by atoms with van der Waals surface area (Å²) in [5.41, 5.74) is 0.0198. The second kappa shape index (κ2) is 3.79. The van der Waals surface area contributed by atoms with Gasteiger partial charge in [0, 0.05) is 5.69 Å². The van der Waals surface area contributed by atoms with Gasteiger partial charge < -0.3 is 10.2 Å². The second-order valence-electron chi connectivity index (χ2n) is 3.62. The summed E-state index contributed by atoms with van der Waals surface area (Å²) in [5, 5.41) is 24.8. The van der Waals surface area contributed by atoms with E-state index >= 15 is 0 Å². The SMILES string of the molecule is Cc1cc(CCC(C)(O)C(=O)O)n[nH]1. The molecule has 1 rings (SSSR count). The zero-order valence-electron chi connectivity index (χ0n) is 8.24. The molecule has 0 aliphatic carbocycles. The van der Waals surface area contributed by atoms with Gasteiger partial charge in [-0.3, -0.25) is 5.10 Å². The molecule has 0 aliphatic rings. The highest BCUT2D eigenvalue weighted by atomic mass is 16.4. The van der Waals surface area contributed by atoms with E-state index in [1.807, 2.05) is 13.0 Å². The van der Waals surface area contributed by atoms with E-state index < -0.39 is 11.6 Å². The zero-order valence-corrected chi connectivity index (χ0v) is 8.24. The molecule has 0 amide bonds. The van der Waals surface area contributed by atoms with Crippen molar-refractivity contribution in [2.75, 3.05) is 0 Å². The van der Waals surface area contributed by atoms with Gasteiger partial charge in [-0.05, 0) is 32.8 Å². The Morgan fingerprint density at radius 1 is 1.71 bits per heavy atom. The highest BCUT2D eigenvalue weighted by Gasteiger charge is 2.29. The molecule has 14 heavy (non-hydrogen) atoms. The monoisotopic (exact) mass is 198 g/mol. The molecule has 78 valence electrons. The van der Waals surface area contributed by atoms with Gasteiger partial charge >= 0.3 is 5.97 Å². The van der Waals surface area contributed by atoms with Crippen molar-refractivity contribution in [2.24, 2.45) is 0 Å². The van der Waals surface area contributed by atoms with Crippen LogP contribution >= 0.6 is 0 Å². The van der Waals surface area contributed by atoms with Gasteiger partial charge in [0.1, 0.15) is 0 Å². The molecule has 5 nitrogen and oxygen atoms in total. The van der Waals surface area contributed by atoms with Gasteiger partial charge in [0.15, 0.2) is 5.60 Å². The van der Waals surface area contributed by atoms with Crippen LogP contribution in [0.1, 0.15) is 24.7 Å². The molecule has 1 aromatic heterocycles. The number of aromatic nitrogens is 2. The molecule has 0 spiro atoms. The number of aliphatic hydroxyl groups is 1. The summed E-state index contributed by atoms with van der Waals surface area (Å²) in [6, 6.07) is 1.83. The number of aliphatic carboxylic acids is 1. The summed E-state index contributed by atoms with van der Waals surface area (Å²) in [4.78, 5) is 10.6. The number of H-pyrrole nitrogens is 1. The number of nitrogens with one attached hydrogen (secondary N) is 1. The Hall–Kier alpha value is -1.36. The summed E-state index contributed by atoms with van der Waals surface area (Å²) in [7, 11) is 0. The average Bonchev–Trinajstić information content (AvgIpc) is 2.48. The minimum absolute atomic E-state index is 0.159. The Kier molecular flexibility index (Phi) is 2.90. The van der Waals surface area contributed by atoms with E-state index in [2.05, 4.69) is 10.2 Å².